The van der Waals surface area contributed by atoms with Crippen molar-refractivity contribution in [3.05, 3.63) is 20.3 Å². The Balaban J connectivity index is 3.02. The summed E-state index contributed by atoms with van der Waals surface area (Å²) in [5.74, 6) is 0.0643. The zero-order valence-corrected chi connectivity index (χ0v) is 9.62. The summed E-state index contributed by atoms with van der Waals surface area (Å²) in [5, 5.41) is 0. The van der Waals surface area contributed by atoms with Gasteiger partial charge in [0.25, 0.3) is 5.91 Å². The predicted octanol–water partition coefficient (Wildman–Crippen LogP) is 2.52. The normalized spacial score (nSPS) is 10.0. The number of rotatable bonds is 1. The molecule has 66 valence electrons. The van der Waals surface area contributed by atoms with Gasteiger partial charge in [0.05, 0.1) is 9.35 Å². The van der Waals surface area contributed by atoms with Gasteiger partial charge < -0.3 is 4.90 Å². The highest BCUT2D eigenvalue weighted by Gasteiger charge is 2.13. The minimum atomic E-state index is 0.0643. The fourth-order valence-electron chi connectivity index (χ4n) is 0.899. The maximum atomic E-state index is 11.5. The third-order valence-electron chi connectivity index (χ3n) is 1.52. The number of aryl methyl sites for hydroxylation is 1. The van der Waals surface area contributed by atoms with Crippen molar-refractivity contribution in [3.63, 3.8) is 0 Å². The van der Waals surface area contributed by atoms with E-state index < -0.39 is 0 Å². The molecule has 0 radical (unpaired) electrons. The molecule has 0 atom stereocenters. The molecule has 1 rings (SSSR count). The number of hydrogen-bond acceptors (Lipinski definition) is 2. The Hall–Kier alpha value is -0.350. The number of carbonyl (C=O) groups excluding carboxylic acids is 1. The Morgan fingerprint density at radius 3 is 2.50 bits per heavy atom. The van der Waals surface area contributed by atoms with Gasteiger partial charge in [-0.15, -0.1) is 11.3 Å². The van der Waals surface area contributed by atoms with Crippen molar-refractivity contribution < 1.29 is 4.79 Å². The van der Waals surface area contributed by atoms with E-state index >= 15 is 0 Å². The summed E-state index contributed by atoms with van der Waals surface area (Å²) in [4.78, 5) is 14.1. The minimum absolute atomic E-state index is 0.0643. The summed E-state index contributed by atoms with van der Waals surface area (Å²) in [6.45, 7) is 1.95. The molecular formula is C8H10BrNOS. The molecular weight excluding hydrogens is 238 g/mol. The van der Waals surface area contributed by atoms with Crippen LogP contribution in [0.3, 0.4) is 0 Å². The van der Waals surface area contributed by atoms with E-state index in [9.17, 15) is 4.79 Å². The summed E-state index contributed by atoms with van der Waals surface area (Å²) >= 11 is 4.93. The van der Waals surface area contributed by atoms with Crippen LogP contribution >= 0.6 is 27.3 Å². The van der Waals surface area contributed by atoms with Crippen molar-refractivity contribution in [2.24, 2.45) is 0 Å². The van der Waals surface area contributed by atoms with Gasteiger partial charge in [-0.25, -0.2) is 0 Å². The van der Waals surface area contributed by atoms with Crippen LogP contribution in [0.15, 0.2) is 9.85 Å². The van der Waals surface area contributed by atoms with E-state index in [0.717, 1.165) is 14.2 Å². The highest BCUT2D eigenvalue weighted by Crippen LogP contribution is 2.26. The molecule has 2 nitrogen and oxygen atoms in total. The highest BCUT2D eigenvalue weighted by molar-refractivity contribution is 9.11. The fraction of sp³-hybridized carbons (Fsp3) is 0.375. The lowest BCUT2D eigenvalue weighted by molar-refractivity contribution is 0.0827. The SMILES string of the molecule is Cc1sc(Br)cc1C(=O)N(C)C. The zero-order chi connectivity index (χ0) is 9.30. The van der Waals surface area contributed by atoms with Crippen molar-refractivity contribution >= 4 is 33.2 Å². The van der Waals surface area contributed by atoms with Gasteiger partial charge in [-0.3, -0.25) is 4.79 Å². The molecule has 0 saturated heterocycles. The number of thiophene rings is 1. The molecule has 0 spiro atoms. The van der Waals surface area contributed by atoms with Gasteiger partial charge in [0.1, 0.15) is 0 Å². The zero-order valence-electron chi connectivity index (χ0n) is 7.22. The molecule has 1 heterocycles. The molecule has 0 saturated carbocycles. The van der Waals surface area contributed by atoms with E-state index in [1.165, 1.54) is 0 Å². The van der Waals surface area contributed by atoms with Gasteiger partial charge in [-0.2, -0.15) is 0 Å². The topological polar surface area (TPSA) is 20.3 Å². The molecule has 12 heavy (non-hydrogen) atoms. The Morgan fingerprint density at radius 2 is 2.17 bits per heavy atom. The molecule has 0 bridgehead atoms. The van der Waals surface area contributed by atoms with E-state index in [0.29, 0.717) is 0 Å². The molecule has 0 N–H and O–H groups in total. The molecule has 1 amide bonds. The maximum absolute atomic E-state index is 11.5. The van der Waals surface area contributed by atoms with Crippen molar-refractivity contribution in [1.82, 2.24) is 4.90 Å². The smallest absolute Gasteiger partial charge is 0.254 e. The van der Waals surface area contributed by atoms with Gasteiger partial charge >= 0.3 is 0 Å². The average molecular weight is 248 g/mol. The molecule has 0 aliphatic rings. The molecule has 0 aliphatic heterocycles. The van der Waals surface area contributed by atoms with Crippen LogP contribution in [0.5, 0.6) is 0 Å². The molecule has 1 aromatic heterocycles. The molecule has 4 heteroatoms. The summed E-state index contributed by atoms with van der Waals surface area (Å²) in [6.07, 6.45) is 0. The first kappa shape index (κ1) is 9.74. The fourth-order valence-corrected chi connectivity index (χ4v) is 2.58. The van der Waals surface area contributed by atoms with Crippen molar-refractivity contribution in [2.75, 3.05) is 14.1 Å². The predicted molar refractivity (Wildman–Crippen MR) is 54.8 cm³/mol. The van der Waals surface area contributed by atoms with Gasteiger partial charge in [-0.05, 0) is 28.9 Å². The van der Waals surface area contributed by atoms with Crippen LogP contribution in [0.1, 0.15) is 15.2 Å². The molecule has 0 fully saturated rings. The average Bonchev–Trinajstić information content (AvgIpc) is 2.28. The van der Waals surface area contributed by atoms with E-state index in [1.54, 1.807) is 30.3 Å². The Labute approximate surface area is 84.3 Å². The quantitative estimate of drug-likeness (QED) is 0.747. The summed E-state index contributed by atoms with van der Waals surface area (Å²) in [7, 11) is 3.51. The summed E-state index contributed by atoms with van der Waals surface area (Å²) in [6, 6.07) is 1.86. The van der Waals surface area contributed by atoms with Crippen molar-refractivity contribution in [3.8, 4) is 0 Å². The van der Waals surface area contributed by atoms with Crippen molar-refractivity contribution in [1.29, 1.82) is 0 Å². The third kappa shape index (κ3) is 1.87. The van der Waals surface area contributed by atoms with Crippen LogP contribution in [0.4, 0.5) is 0 Å². The number of hydrogen-bond donors (Lipinski definition) is 0. The van der Waals surface area contributed by atoms with E-state index in [1.807, 2.05) is 13.0 Å². The second-order valence-corrected chi connectivity index (χ2v) is 5.36. The van der Waals surface area contributed by atoms with Crippen LogP contribution in [-0.4, -0.2) is 24.9 Å². The van der Waals surface area contributed by atoms with Crippen LogP contribution in [0, 0.1) is 6.92 Å². The van der Waals surface area contributed by atoms with Gasteiger partial charge in [0, 0.05) is 19.0 Å². The second-order valence-electron chi connectivity index (χ2n) is 2.72. The lowest BCUT2D eigenvalue weighted by Gasteiger charge is -2.08. The molecule has 0 unspecified atom stereocenters. The largest absolute Gasteiger partial charge is 0.345 e. The first-order valence-electron chi connectivity index (χ1n) is 3.50. The van der Waals surface area contributed by atoms with Gasteiger partial charge in [0.2, 0.25) is 0 Å². The first-order valence-corrected chi connectivity index (χ1v) is 5.11. The van der Waals surface area contributed by atoms with E-state index in [2.05, 4.69) is 15.9 Å². The van der Waals surface area contributed by atoms with Crippen LogP contribution in [0.25, 0.3) is 0 Å². The number of nitrogens with zero attached hydrogens (tertiary/aromatic N) is 1. The molecule has 0 aromatic carbocycles. The Bertz CT molecular complexity index is 306. The second kappa shape index (κ2) is 3.58. The molecule has 0 aliphatic carbocycles. The number of amides is 1. The standard InChI is InChI=1S/C8H10BrNOS/c1-5-6(4-7(9)12-5)8(11)10(2)3/h4H,1-3H3. The van der Waals surface area contributed by atoms with Gasteiger partial charge in [0.15, 0.2) is 0 Å². The van der Waals surface area contributed by atoms with E-state index in [4.69, 9.17) is 0 Å². The Kier molecular flexibility index (Phi) is 2.90. The summed E-state index contributed by atoms with van der Waals surface area (Å²) in [5.41, 5.74) is 0.789. The monoisotopic (exact) mass is 247 g/mol. The third-order valence-corrected chi connectivity index (χ3v) is 3.08. The highest BCUT2D eigenvalue weighted by atomic mass is 79.9. The van der Waals surface area contributed by atoms with E-state index in [-0.39, 0.29) is 5.91 Å². The maximum Gasteiger partial charge on any atom is 0.254 e. The van der Waals surface area contributed by atoms with Crippen LogP contribution in [-0.2, 0) is 0 Å². The minimum Gasteiger partial charge on any atom is -0.345 e. The number of halogens is 1. The first-order chi connectivity index (χ1) is 5.52. The summed E-state index contributed by atoms with van der Waals surface area (Å²) < 4.78 is 1.00. The van der Waals surface area contributed by atoms with Crippen LogP contribution in [0.2, 0.25) is 0 Å². The lowest BCUT2D eigenvalue weighted by atomic mass is 10.2. The van der Waals surface area contributed by atoms with Gasteiger partial charge in [-0.1, -0.05) is 0 Å². The van der Waals surface area contributed by atoms with Crippen molar-refractivity contribution in [2.45, 2.75) is 6.92 Å². The number of carbonyl (C=O) groups is 1. The molecule has 1 aromatic rings. The van der Waals surface area contributed by atoms with Crippen LogP contribution < -0.4 is 0 Å². The Morgan fingerprint density at radius 1 is 1.58 bits per heavy atom. The lowest BCUT2D eigenvalue weighted by Crippen LogP contribution is -2.21.